The molecule has 0 amide bonds. The van der Waals surface area contributed by atoms with E-state index in [2.05, 4.69) is 95.0 Å². The fourth-order valence-electron chi connectivity index (χ4n) is 4.97. The molecular weight excluding hydrogens is 480 g/mol. The first kappa shape index (κ1) is 24.6. The number of anilines is 1. The van der Waals surface area contributed by atoms with Crippen molar-refractivity contribution in [2.45, 2.75) is 33.1 Å². The Bertz CT molecular complexity index is 1830. The average molecular weight is 513 g/mol. The number of rotatable bonds is 7. The van der Waals surface area contributed by atoms with Gasteiger partial charge in [0.25, 0.3) is 0 Å². The third-order valence-corrected chi connectivity index (χ3v) is 7.56. The number of para-hydroxylation sites is 1. The number of hydrogen-bond donors (Lipinski definition) is 3. The Morgan fingerprint density at radius 3 is 2.74 bits per heavy atom. The normalized spacial score (nSPS) is 14.5. The number of H-pyrrole nitrogens is 2. The van der Waals surface area contributed by atoms with Crippen LogP contribution in [-0.4, -0.2) is 25.1 Å². The highest BCUT2D eigenvalue weighted by Crippen LogP contribution is 2.33. The van der Waals surface area contributed by atoms with Crippen LogP contribution in [0.2, 0.25) is 0 Å². The molecule has 1 aliphatic carbocycles. The molecular formula is C33H32N6. The highest BCUT2D eigenvalue weighted by molar-refractivity contribution is 5.93. The zero-order chi connectivity index (χ0) is 26.9. The van der Waals surface area contributed by atoms with Gasteiger partial charge in [-0.2, -0.15) is 5.10 Å². The summed E-state index contributed by atoms with van der Waals surface area (Å²) in [7, 11) is 0. The van der Waals surface area contributed by atoms with Crippen LogP contribution in [0.5, 0.6) is 0 Å². The average Bonchev–Trinajstić information content (AvgIpc) is 3.49. The van der Waals surface area contributed by atoms with E-state index in [0.29, 0.717) is 17.4 Å². The van der Waals surface area contributed by atoms with Gasteiger partial charge < -0.3 is 10.3 Å². The SMILES string of the molecule is C=C(Nc1cncc(/C(C)=C/C=c2/[nH]nc(-c3nc4c(-c5cccc(C)c5)cccc4[nH]3)c2=C)c1)C1CCC1. The summed E-state index contributed by atoms with van der Waals surface area (Å²) in [5, 5.41) is 12.7. The van der Waals surface area contributed by atoms with Crippen LogP contribution in [0.4, 0.5) is 5.69 Å². The Morgan fingerprint density at radius 1 is 1.10 bits per heavy atom. The van der Waals surface area contributed by atoms with E-state index in [4.69, 9.17) is 4.98 Å². The van der Waals surface area contributed by atoms with Crippen LogP contribution in [0, 0.1) is 12.8 Å². The minimum absolute atomic E-state index is 0.574. The Hall–Kier alpha value is -4.71. The van der Waals surface area contributed by atoms with Gasteiger partial charge in [-0.25, -0.2) is 4.98 Å². The van der Waals surface area contributed by atoms with Crippen molar-refractivity contribution < 1.29 is 0 Å². The number of pyridine rings is 1. The lowest BCUT2D eigenvalue weighted by molar-refractivity contribution is 0.371. The molecule has 39 heavy (non-hydrogen) atoms. The summed E-state index contributed by atoms with van der Waals surface area (Å²) in [6.45, 7) is 12.7. The first-order valence-electron chi connectivity index (χ1n) is 13.4. The molecule has 0 radical (unpaired) electrons. The van der Waals surface area contributed by atoms with Crippen molar-refractivity contribution in [1.82, 2.24) is 25.1 Å². The van der Waals surface area contributed by atoms with E-state index in [1.807, 2.05) is 30.6 Å². The van der Waals surface area contributed by atoms with Gasteiger partial charge >= 0.3 is 0 Å². The zero-order valence-corrected chi connectivity index (χ0v) is 22.4. The van der Waals surface area contributed by atoms with Gasteiger partial charge in [0.15, 0.2) is 5.82 Å². The molecule has 1 aliphatic rings. The molecule has 6 nitrogen and oxygen atoms in total. The van der Waals surface area contributed by atoms with Gasteiger partial charge in [0.2, 0.25) is 0 Å². The molecule has 5 aromatic rings. The van der Waals surface area contributed by atoms with Crippen molar-refractivity contribution in [3.63, 3.8) is 0 Å². The van der Waals surface area contributed by atoms with Crippen molar-refractivity contribution in [2.24, 2.45) is 5.92 Å². The summed E-state index contributed by atoms with van der Waals surface area (Å²) in [5.74, 6) is 1.27. The number of aromatic nitrogens is 5. The second kappa shape index (κ2) is 10.2. The molecule has 3 aromatic heterocycles. The standard InChI is InChI=1S/C33H32N6/c1-20-8-5-11-25(16-20)28-12-7-13-30-32(28)37-33(36-30)31-22(3)29(38-39-31)15-14-21(2)26-17-27(19-34-18-26)35-23(4)24-9-6-10-24/h5,7-8,11-19,24,35,38H,3-4,6,9-10H2,1-2H3,(H,36,37)/b21-14+,29-15+. The fourth-order valence-corrected chi connectivity index (χ4v) is 4.97. The maximum absolute atomic E-state index is 4.93. The maximum Gasteiger partial charge on any atom is 0.159 e. The molecule has 0 aliphatic heterocycles. The summed E-state index contributed by atoms with van der Waals surface area (Å²) in [6.07, 6.45) is 11.5. The molecule has 2 aromatic carbocycles. The predicted octanol–water partition coefficient (Wildman–Crippen LogP) is 6.34. The number of fused-ring (bicyclic) bond motifs is 1. The van der Waals surface area contributed by atoms with Crippen molar-refractivity contribution in [3.05, 3.63) is 101 Å². The van der Waals surface area contributed by atoms with Crippen LogP contribution < -0.4 is 15.9 Å². The zero-order valence-electron chi connectivity index (χ0n) is 22.4. The molecule has 0 atom stereocenters. The third kappa shape index (κ3) is 4.93. The summed E-state index contributed by atoms with van der Waals surface area (Å²) in [4.78, 5) is 12.8. The van der Waals surface area contributed by atoms with E-state index in [-0.39, 0.29) is 0 Å². The monoisotopic (exact) mass is 512 g/mol. The molecule has 0 unspecified atom stereocenters. The maximum atomic E-state index is 4.93. The van der Waals surface area contributed by atoms with Gasteiger partial charge in [0, 0.05) is 22.7 Å². The highest BCUT2D eigenvalue weighted by atomic mass is 15.1. The number of nitrogens with one attached hydrogen (secondary N) is 3. The first-order chi connectivity index (χ1) is 19.0. The number of hydrogen-bond acceptors (Lipinski definition) is 4. The number of benzene rings is 2. The molecule has 194 valence electrons. The molecule has 6 heteroatoms. The fraction of sp³-hybridized carbons (Fsp3) is 0.182. The van der Waals surface area contributed by atoms with Gasteiger partial charge in [0.1, 0.15) is 5.69 Å². The lowest BCUT2D eigenvalue weighted by Gasteiger charge is -2.28. The predicted molar refractivity (Wildman–Crippen MR) is 161 cm³/mol. The first-order valence-corrected chi connectivity index (χ1v) is 13.4. The van der Waals surface area contributed by atoms with Gasteiger partial charge in [-0.3, -0.25) is 10.1 Å². The molecule has 3 heterocycles. The Morgan fingerprint density at radius 2 is 1.95 bits per heavy atom. The van der Waals surface area contributed by atoms with Crippen molar-refractivity contribution >= 4 is 34.9 Å². The van der Waals surface area contributed by atoms with Crippen molar-refractivity contribution in [3.8, 4) is 22.6 Å². The molecule has 0 bridgehead atoms. The summed E-state index contributed by atoms with van der Waals surface area (Å²) < 4.78 is 0. The van der Waals surface area contributed by atoms with Crippen LogP contribution in [-0.2, 0) is 0 Å². The molecule has 3 N–H and O–H groups in total. The Kier molecular flexibility index (Phi) is 6.45. The molecule has 0 spiro atoms. The van der Waals surface area contributed by atoms with Crippen LogP contribution in [0.15, 0.2) is 79.3 Å². The number of imidazole rings is 1. The molecule has 0 saturated heterocycles. The lowest BCUT2D eigenvalue weighted by Crippen LogP contribution is -2.21. The molecule has 1 saturated carbocycles. The quantitative estimate of drug-likeness (QED) is 0.238. The third-order valence-electron chi connectivity index (χ3n) is 7.56. The highest BCUT2D eigenvalue weighted by Gasteiger charge is 2.20. The van der Waals surface area contributed by atoms with E-state index in [1.54, 1.807) is 0 Å². The molecule has 6 rings (SSSR count). The number of aryl methyl sites for hydroxylation is 1. The van der Waals surface area contributed by atoms with E-state index in [1.165, 1.54) is 24.8 Å². The smallest absolute Gasteiger partial charge is 0.159 e. The van der Waals surface area contributed by atoms with Gasteiger partial charge in [-0.05, 0) is 67.5 Å². The summed E-state index contributed by atoms with van der Waals surface area (Å²) in [5.41, 5.74) is 10.2. The van der Waals surface area contributed by atoms with Crippen LogP contribution in [0.1, 0.15) is 37.3 Å². The van der Waals surface area contributed by atoms with E-state index in [9.17, 15) is 0 Å². The van der Waals surface area contributed by atoms with E-state index < -0.39 is 0 Å². The van der Waals surface area contributed by atoms with Crippen LogP contribution >= 0.6 is 0 Å². The van der Waals surface area contributed by atoms with Crippen LogP contribution in [0.25, 0.3) is 51.9 Å². The van der Waals surface area contributed by atoms with Gasteiger partial charge in [0.05, 0.1) is 28.3 Å². The topological polar surface area (TPSA) is 82.3 Å². The van der Waals surface area contributed by atoms with Gasteiger partial charge in [-0.1, -0.05) is 67.6 Å². The Labute approximate surface area is 227 Å². The van der Waals surface area contributed by atoms with Crippen LogP contribution in [0.3, 0.4) is 0 Å². The lowest BCUT2D eigenvalue weighted by atomic mass is 9.83. The largest absolute Gasteiger partial charge is 0.358 e. The number of allylic oxidation sites excluding steroid dienone is 3. The summed E-state index contributed by atoms with van der Waals surface area (Å²) >= 11 is 0. The number of aromatic amines is 2. The second-order valence-corrected chi connectivity index (χ2v) is 10.4. The molecule has 1 fully saturated rings. The van der Waals surface area contributed by atoms with Crippen molar-refractivity contribution in [2.75, 3.05) is 5.32 Å². The summed E-state index contributed by atoms with van der Waals surface area (Å²) in [6, 6.07) is 16.8. The van der Waals surface area contributed by atoms with E-state index in [0.717, 1.165) is 55.2 Å². The Balaban J connectivity index is 1.28. The van der Waals surface area contributed by atoms with E-state index >= 15 is 0 Å². The second-order valence-electron chi connectivity index (χ2n) is 10.4. The minimum atomic E-state index is 0.574. The number of nitrogens with zero attached hydrogens (tertiary/aromatic N) is 3. The minimum Gasteiger partial charge on any atom is -0.358 e. The van der Waals surface area contributed by atoms with Crippen molar-refractivity contribution in [1.29, 1.82) is 0 Å². The van der Waals surface area contributed by atoms with Gasteiger partial charge in [-0.15, -0.1) is 0 Å².